The Balaban J connectivity index is 2.85. The quantitative estimate of drug-likeness (QED) is 0.722. The lowest BCUT2D eigenvalue weighted by atomic mass is 9.88. The number of rotatable bonds is 7. The van der Waals surface area contributed by atoms with Gasteiger partial charge in [-0.05, 0) is 32.1 Å². The molecule has 5 nitrogen and oxygen atoms in total. The van der Waals surface area contributed by atoms with Gasteiger partial charge < -0.3 is 15.0 Å². The van der Waals surface area contributed by atoms with E-state index < -0.39 is 5.54 Å². The van der Waals surface area contributed by atoms with Crippen molar-refractivity contribution < 1.29 is 14.3 Å². The zero-order valence-electron chi connectivity index (χ0n) is 13.4. The number of carbonyl (C=O) groups is 2. The van der Waals surface area contributed by atoms with Crippen molar-refractivity contribution in [1.82, 2.24) is 10.2 Å². The van der Waals surface area contributed by atoms with Crippen molar-refractivity contribution in [3.63, 3.8) is 0 Å². The van der Waals surface area contributed by atoms with Crippen LogP contribution < -0.4 is 5.32 Å². The van der Waals surface area contributed by atoms with E-state index in [1.165, 1.54) is 0 Å². The Morgan fingerprint density at radius 1 is 1.35 bits per heavy atom. The first-order valence-corrected chi connectivity index (χ1v) is 7.49. The molecule has 2 atom stereocenters. The number of amides is 2. The van der Waals surface area contributed by atoms with Gasteiger partial charge in [-0.3, -0.25) is 9.59 Å². The van der Waals surface area contributed by atoms with Crippen molar-refractivity contribution in [2.24, 2.45) is 5.92 Å². The fourth-order valence-corrected chi connectivity index (χ4v) is 2.66. The number of carbonyl (C=O) groups excluding carboxylic acids is 2. The third kappa shape index (κ3) is 3.51. The van der Waals surface area contributed by atoms with Gasteiger partial charge in [-0.25, -0.2) is 0 Å². The Morgan fingerprint density at radius 2 is 2.00 bits per heavy atom. The molecule has 1 saturated heterocycles. The third-order valence-electron chi connectivity index (χ3n) is 4.07. The van der Waals surface area contributed by atoms with Crippen LogP contribution in [-0.2, 0) is 14.3 Å². The van der Waals surface area contributed by atoms with E-state index in [4.69, 9.17) is 4.74 Å². The predicted octanol–water partition coefficient (Wildman–Crippen LogP) is 1.56. The molecule has 0 aromatic heterocycles. The van der Waals surface area contributed by atoms with Gasteiger partial charge >= 0.3 is 0 Å². The van der Waals surface area contributed by atoms with Gasteiger partial charge in [-0.1, -0.05) is 20.8 Å². The van der Waals surface area contributed by atoms with E-state index in [0.29, 0.717) is 19.6 Å². The highest BCUT2D eigenvalue weighted by atomic mass is 16.5. The smallest absolute Gasteiger partial charge is 0.248 e. The Kier molecular flexibility index (Phi) is 5.99. The van der Waals surface area contributed by atoms with Crippen LogP contribution in [0.4, 0.5) is 0 Å². The molecule has 1 fully saturated rings. The molecule has 116 valence electrons. The summed E-state index contributed by atoms with van der Waals surface area (Å²) in [5.74, 6) is 0.120. The molecule has 0 saturated carbocycles. The monoisotopic (exact) mass is 284 g/mol. The summed E-state index contributed by atoms with van der Waals surface area (Å²) in [7, 11) is 1.67. The maximum Gasteiger partial charge on any atom is 0.248 e. The van der Waals surface area contributed by atoms with Crippen LogP contribution in [0.25, 0.3) is 0 Å². The Labute approximate surface area is 122 Å². The summed E-state index contributed by atoms with van der Waals surface area (Å²) < 4.78 is 5.03. The lowest BCUT2D eigenvalue weighted by molar-refractivity contribution is -0.156. The van der Waals surface area contributed by atoms with Crippen LogP contribution in [0.2, 0.25) is 0 Å². The van der Waals surface area contributed by atoms with E-state index in [0.717, 1.165) is 12.8 Å². The zero-order chi connectivity index (χ0) is 15.3. The van der Waals surface area contributed by atoms with Gasteiger partial charge in [0.1, 0.15) is 11.6 Å². The number of nitrogens with one attached hydrogen (secondary N) is 1. The second kappa shape index (κ2) is 7.07. The summed E-state index contributed by atoms with van der Waals surface area (Å²) in [5, 5.41) is 2.90. The SMILES string of the molecule is CCC1(C)NC(=O)C(C(C)C)N(CCCCOC)C1=O. The van der Waals surface area contributed by atoms with Crippen molar-refractivity contribution in [2.75, 3.05) is 20.3 Å². The summed E-state index contributed by atoms with van der Waals surface area (Å²) in [5.41, 5.74) is -0.760. The minimum atomic E-state index is -0.760. The minimum Gasteiger partial charge on any atom is -0.385 e. The second-order valence-corrected chi connectivity index (χ2v) is 6.06. The first kappa shape index (κ1) is 17.0. The number of unbranched alkanes of at least 4 members (excludes halogenated alkanes) is 1. The number of ether oxygens (including phenoxy) is 1. The molecule has 5 heteroatoms. The Morgan fingerprint density at radius 3 is 2.50 bits per heavy atom. The molecule has 1 heterocycles. The average molecular weight is 284 g/mol. The molecule has 1 rings (SSSR count). The molecule has 0 aliphatic carbocycles. The first-order chi connectivity index (χ1) is 9.37. The molecule has 0 spiro atoms. The highest BCUT2D eigenvalue weighted by Gasteiger charge is 2.47. The molecular formula is C15H28N2O3. The summed E-state index contributed by atoms with van der Waals surface area (Å²) in [6.07, 6.45) is 2.36. The highest BCUT2D eigenvalue weighted by molar-refractivity contribution is 5.99. The van der Waals surface area contributed by atoms with E-state index in [1.807, 2.05) is 27.7 Å². The minimum absolute atomic E-state index is 0.0318. The van der Waals surface area contributed by atoms with Crippen LogP contribution in [0.1, 0.15) is 47.0 Å². The van der Waals surface area contributed by atoms with Crippen molar-refractivity contribution in [1.29, 1.82) is 0 Å². The van der Waals surface area contributed by atoms with Crippen LogP contribution >= 0.6 is 0 Å². The summed E-state index contributed by atoms with van der Waals surface area (Å²) >= 11 is 0. The van der Waals surface area contributed by atoms with Crippen molar-refractivity contribution in [2.45, 2.75) is 58.5 Å². The van der Waals surface area contributed by atoms with Crippen molar-refractivity contribution in [3.8, 4) is 0 Å². The van der Waals surface area contributed by atoms with Gasteiger partial charge in [-0.15, -0.1) is 0 Å². The normalized spacial score (nSPS) is 27.1. The molecule has 0 radical (unpaired) electrons. The van der Waals surface area contributed by atoms with Crippen LogP contribution in [0, 0.1) is 5.92 Å². The van der Waals surface area contributed by atoms with E-state index in [2.05, 4.69) is 5.32 Å². The number of piperazine rings is 1. The van der Waals surface area contributed by atoms with Gasteiger partial charge in [0.25, 0.3) is 0 Å². The summed E-state index contributed by atoms with van der Waals surface area (Å²) in [6, 6.07) is -0.357. The molecule has 0 aromatic carbocycles. The molecule has 1 aliphatic rings. The van der Waals surface area contributed by atoms with Gasteiger partial charge in [0, 0.05) is 20.3 Å². The van der Waals surface area contributed by atoms with Gasteiger partial charge in [0.15, 0.2) is 0 Å². The molecule has 2 amide bonds. The van der Waals surface area contributed by atoms with Crippen LogP contribution in [0.3, 0.4) is 0 Å². The maximum absolute atomic E-state index is 12.7. The predicted molar refractivity (Wildman–Crippen MR) is 78.3 cm³/mol. The standard InChI is InChI=1S/C15H28N2O3/c1-6-15(4)14(19)17(9-7-8-10-20-5)12(11(2)3)13(18)16-15/h11-12H,6-10H2,1-5H3,(H,16,18). The number of hydrogen-bond donors (Lipinski definition) is 1. The third-order valence-corrected chi connectivity index (χ3v) is 4.07. The molecule has 2 unspecified atom stereocenters. The van der Waals surface area contributed by atoms with E-state index >= 15 is 0 Å². The average Bonchev–Trinajstić information content (AvgIpc) is 2.39. The molecule has 0 bridgehead atoms. The number of methoxy groups -OCH3 is 1. The topological polar surface area (TPSA) is 58.6 Å². The number of nitrogens with zero attached hydrogens (tertiary/aromatic N) is 1. The fraction of sp³-hybridized carbons (Fsp3) is 0.867. The Bertz CT molecular complexity index is 357. The van der Waals surface area contributed by atoms with E-state index in [9.17, 15) is 9.59 Å². The maximum atomic E-state index is 12.7. The fourth-order valence-electron chi connectivity index (χ4n) is 2.66. The number of hydrogen-bond acceptors (Lipinski definition) is 3. The largest absolute Gasteiger partial charge is 0.385 e. The summed E-state index contributed by atoms with van der Waals surface area (Å²) in [6.45, 7) is 9.01. The van der Waals surface area contributed by atoms with Gasteiger partial charge in [-0.2, -0.15) is 0 Å². The van der Waals surface area contributed by atoms with E-state index in [-0.39, 0.29) is 23.8 Å². The van der Waals surface area contributed by atoms with Crippen LogP contribution in [0.15, 0.2) is 0 Å². The van der Waals surface area contributed by atoms with Crippen LogP contribution in [0.5, 0.6) is 0 Å². The summed E-state index contributed by atoms with van der Waals surface area (Å²) in [4.78, 5) is 26.8. The van der Waals surface area contributed by atoms with Crippen molar-refractivity contribution in [3.05, 3.63) is 0 Å². The molecule has 0 aromatic rings. The van der Waals surface area contributed by atoms with E-state index in [1.54, 1.807) is 12.0 Å². The lowest BCUT2D eigenvalue weighted by Gasteiger charge is -2.45. The first-order valence-electron chi connectivity index (χ1n) is 7.49. The molecular weight excluding hydrogens is 256 g/mol. The lowest BCUT2D eigenvalue weighted by Crippen LogP contribution is -2.70. The zero-order valence-corrected chi connectivity index (χ0v) is 13.4. The van der Waals surface area contributed by atoms with Crippen molar-refractivity contribution >= 4 is 11.8 Å². The second-order valence-electron chi connectivity index (χ2n) is 6.06. The Hall–Kier alpha value is -1.10. The van der Waals surface area contributed by atoms with Gasteiger partial charge in [0.05, 0.1) is 0 Å². The molecule has 1 N–H and O–H groups in total. The highest BCUT2D eigenvalue weighted by Crippen LogP contribution is 2.25. The van der Waals surface area contributed by atoms with Crippen LogP contribution in [-0.4, -0.2) is 48.6 Å². The molecule has 1 aliphatic heterocycles. The molecule has 20 heavy (non-hydrogen) atoms. The van der Waals surface area contributed by atoms with Gasteiger partial charge in [0.2, 0.25) is 11.8 Å².